The Bertz CT molecular complexity index is 580. The second kappa shape index (κ2) is 6.19. The van der Waals surface area contributed by atoms with Crippen molar-refractivity contribution in [1.29, 1.82) is 0 Å². The SMILES string of the molecule is CNC(Cc1ncnn1C(C)C)c1snnc1C(C)(C)C. The number of rotatable bonds is 5. The summed E-state index contributed by atoms with van der Waals surface area (Å²) in [4.78, 5) is 5.59. The Kier molecular flexibility index (Phi) is 4.73. The van der Waals surface area contributed by atoms with E-state index in [9.17, 15) is 0 Å². The highest BCUT2D eigenvalue weighted by Crippen LogP contribution is 2.31. The van der Waals surface area contributed by atoms with Gasteiger partial charge >= 0.3 is 0 Å². The van der Waals surface area contributed by atoms with Crippen LogP contribution in [0, 0.1) is 0 Å². The Morgan fingerprint density at radius 2 is 2.05 bits per heavy atom. The lowest BCUT2D eigenvalue weighted by Gasteiger charge is -2.21. The van der Waals surface area contributed by atoms with Crippen LogP contribution in [0.15, 0.2) is 6.33 Å². The van der Waals surface area contributed by atoms with Gasteiger partial charge in [0.05, 0.1) is 16.6 Å². The average molecular weight is 308 g/mol. The zero-order chi connectivity index (χ0) is 15.6. The molecule has 0 aliphatic heterocycles. The lowest BCUT2D eigenvalue weighted by Crippen LogP contribution is -2.24. The first kappa shape index (κ1) is 16.0. The van der Waals surface area contributed by atoms with E-state index in [1.165, 1.54) is 16.4 Å². The summed E-state index contributed by atoms with van der Waals surface area (Å²) in [6, 6.07) is 0.461. The maximum Gasteiger partial charge on any atom is 0.138 e. The molecule has 7 heteroatoms. The monoisotopic (exact) mass is 308 g/mol. The molecule has 0 aliphatic rings. The molecule has 6 nitrogen and oxygen atoms in total. The minimum atomic E-state index is -0.0108. The molecule has 0 bridgehead atoms. The van der Waals surface area contributed by atoms with E-state index in [4.69, 9.17) is 0 Å². The van der Waals surface area contributed by atoms with E-state index in [0.29, 0.717) is 6.04 Å². The molecule has 0 aliphatic carbocycles. The van der Waals surface area contributed by atoms with Gasteiger partial charge < -0.3 is 5.32 Å². The standard InChI is InChI=1S/C14H24N6S/c1-9(2)20-11(16-8-17-20)7-10(15-6)12-13(14(3,4)5)18-19-21-12/h8-10,15H,7H2,1-6H3. The third-order valence-corrected chi connectivity index (χ3v) is 4.25. The number of hydrogen-bond acceptors (Lipinski definition) is 6. The van der Waals surface area contributed by atoms with Crippen molar-refractivity contribution in [3.05, 3.63) is 22.7 Å². The first-order valence-corrected chi connectivity index (χ1v) is 8.00. The minimum absolute atomic E-state index is 0.0108. The molecule has 2 aromatic rings. The molecule has 2 rings (SSSR count). The van der Waals surface area contributed by atoms with Crippen LogP contribution in [0.3, 0.4) is 0 Å². The molecule has 0 aromatic carbocycles. The minimum Gasteiger partial charge on any atom is -0.312 e. The van der Waals surface area contributed by atoms with Crippen molar-refractivity contribution in [2.45, 2.75) is 58.5 Å². The van der Waals surface area contributed by atoms with Crippen molar-refractivity contribution < 1.29 is 0 Å². The number of nitrogens with zero attached hydrogens (tertiary/aromatic N) is 5. The summed E-state index contributed by atoms with van der Waals surface area (Å²) < 4.78 is 6.12. The Labute approximate surface area is 130 Å². The zero-order valence-electron chi connectivity index (χ0n) is 13.6. The van der Waals surface area contributed by atoms with Crippen molar-refractivity contribution in [1.82, 2.24) is 29.7 Å². The van der Waals surface area contributed by atoms with E-state index in [1.54, 1.807) is 6.33 Å². The van der Waals surface area contributed by atoms with E-state index >= 15 is 0 Å². The highest BCUT2D eigenvalue weighted by atomic mass is 32.1. The average Bonchev–Trinajstić information content (AvgIpc) is 3.03. The van der Waals surface area contributed by atoms with Gasteiger partial charge in [0.2, 0.25) is 0 Å². The summed E-state index contributed by atoms with van der Waals surface area (Å²) in [6.07, 6.45) is 2.40. The maximum atomic E-state index is 4.40. The van der Waals surface area contributed by atoms with Crippen molar-refractivity contribution in [2.75, 3.05) is 7.05 Å². The van der Waals surface area contributed by atoms with Crippen molar-refractivity contribution in [3.63, 3.8) is 0 Å². The molecular weight excluding hydrogens is 284 g/mol. The van der Waals surface area contributed by atoms with Crippen LogP contribution in [0.5, 0.6) is 0 Å². The molecule has 0 saturated heterocycles. The smallest absolute Gasteiger partial charge is 0.138 e. The third kappa shape index (κ3) is 3.47. The predicted molar refractivity (Wildman–Crippen MR) is 84.5 cm³/mol. The van der Waals surface area contributed by atoms with Gasteiger partial charge in [-0.1, -0.05) is 25.3 Å². The van der Waals surface area contributed by atoms with Crippen LogP contribution in [-0.4, -0.2) is 31.4 Å². The van der Waals surface area contributed by atoms with Crippen LogP contribution >= 0.6 is 11.5 Å². The lowest BCUT2D eigenvalue weighted by molar-refractivity contribution is 0.473. The van der Waals surface area contributed by atoms with Crippen LogP contribution in [-0.2, 0) is 11.8 Å². The third-order valence-electron chi connectivity index (χ3n) is 3.41. The Morgan fingerprint density at radius 1 is 1.33 bits per heavy atom. The van der Waals surface area contributed by atoms with Gasteiger partial charge in [-0.3, -0.25) is 0 Å². The fourth-order valence-electron chi connectivity index (χ4n) is 2.31. The van der Waals surface area contributed by atoms with Crippen LogP contribution < -0.4 is 5.32 Å². The van der Waals surface area contributed by atoms with Gasteiger partial charge in [-0.05, 0) is 32.4 Å². The molecular formula is C14H24N6S. The zero-order valence-corrected chi connectivity index (χ0v) is 14.4. The molecule has 2 aromatic heterocycles. The van der Waals surface area contributed by atoms with Gasteiger partial charge in [-0.25, -0.2) is 9.67 Å². The first-order chi connectivity index (χ1) is 9.84. The lowest BCUT2D eigenvalue weighted by atomic mass is 9.89. The normalized spacial score (nSPS) is 13.9. The number of hydrogen-bond donors (Lipinski definition) is 1. The highest BCUT2D eigenvalue weighted by Gasteiger charge is 2.27. The summed E-state index contributed by atoms with van der Waals surface area (Å²) >= 11 is 1.46. The Balaban J connectivity index is 2.29. The molecule has 1 N–H and O–H groups in total. The highest BCUT2D eigenvalue weighted by molar-refractivity contribution is 7.05. The van der Waals surface area contributed by atoms with Gasteiger partial charge in [0.15, 0.2) is 0 Å². The van der Waals surface area contributed by atoms with E-state index in [0.717, 1.165) is 17.9 Å². The molecule has 1 unspecified atom stereocenters. The molecule has 0 fully saturated rings. The molecule has 1 atom stereocenters. The Hall–Kier alpha value is -1.34. The summed E-state index contributed by atoms with van der Waals surface area (Å²) in [6.45, 7) is 10.7. The van der Waals surface area contributed by atoms with Crippen LogP contribution in [0.4, 0.5) is 0 Å². The van der Waals surface area contributed by atoms with Gasteiger partial charge in [-0.15, -0.1) is 5.10 Å². The van der Waals surface area contributed by atoms with Crippen LogP contribution in [0.25, 0.3) is 0 Å². The van der Waals surface area contributed by atoms with E-state index in [2.05, 4.69) is 59.6 Å². The molecule has 0 radical (unpaired) electrons. The molecule has 116 valence electrons. The van der Waals surface area contributed by atoms with Gasteiger partial charge in [0, 0.05) is 17.9 Å². The summed E-state index contributed by atoms with van der Waals surface area (Å²) in [5.74, 6) is 0.984. The second-order valence-corrected chi connectivity index (χ2v) is 7.28. The van der Waals surface area contributed by atoms with Crippen molar-refractivity contribution in [2.24, 2.45) is 0 Å². The second-order valence-electron chi connectivity index (χ2n) is 6.50. The number of likely N-dealkylation sites (N-methyl/N-ethyl adjacent to an activating group) is 1. The summed E-state index contributed by atoms with van der Waals surface area (Å²) in [5.41, 5.74) is 1.05. The maximum absolute atomic E-state index is 4.40. The van der Waals surface area contributed by atoms with Crippen molar-refractivity contribution >= 4 is 11.5 Å². The van der Waals surface area contributed by atoms with E-state index < -0.39 is 0 Å². The molecule has 2 heterocycles. The van der Waals surface area contributed by atoms with E-state index in [-0.39, 0.29) is 11.5 Å². The van der Waals surface area contributed by atoms with E-state index in [1.807, 2.05) is 11.7 Å². The van der Waals surface area contributed by atoms with Crippen molar-refractivity contribution in [3.8, 4) is 0 Å². The molecule has 21 heavy (non-hydrogen) atoms. The van der Waals surface area contributed by atoms with Crippen LogP contribution in [0.2, 0.25) is 0 Å². The fraction of sp³-hybridized carbons (Fsp3) is 0.714. The molecule has 0 saturated carbocycles. The number of nitrogens with one attached hydrogen (secondary N) is 1. The largest absolute Gasteiger partial charge is 0.312 e. The van der Waals surface area contributed by atoms with Gasteiger partial charge in [0.25, 0.3) is 0 Å². The Morgan fingerprint density at radius 3 is 2.62 bits per heavy atom. The molecule has 0 amide bonds. The summed E-state index contributed by atoms with van der Waals surface area (Å²) in [7, 11) is 1.97. The van der Waals surface area contributed by atoms with Gasteiger partial charge in [-0.2, -0.15) is 5.10 Å². The number of aromatic nitrogens is 5. The summed E-state index contributed by atoms with van der Waals surface area (Å²) in [5, 5.41) is 12.0. The first-order valence-electron chi connectivity index (χ1n) is 7.23. The van der Waals surface area contributed by atoms with Gasteiger partial charge in [0.1, 0.15) is 12.2 Å². The fourth-order valence-corrected chi connectivity index (χ4v) is 3.28. The van der Waals surface area contributed by atoms with Crippen LogP contribution in [0.1, 0.15) is 63.1 Å². The molecule has 0 spiro atoms. The quantitative estimate of drug-likeness (QED) is 0.919. The predicted octanol–water partition coefficient (Wildman–Crippen LogP) is 2.51. The topological polar surface area (TPSA) is 68.5 Å².